The number of amidine groups is 2. The third kappa shape index (κ3) is 3.67. The Hall–Kier alpha value is -5.29. The van der Waals surface area contributed by atoms with Crippen molar-refractivity contribution in [1.29, 1.82) is 0 Å². The molecule has 1 unspecified atom stereocenters. The Morgan fingerprint density at radius 3 is 2.23 bits per heavy atom. The summed E-state index contributed by atoms with van der Waals surface area (Å²) >= 11 is 0. The molecule has 5 nitrogen and oxygen atoms in total. The van der Waals surface area contributed by atoms with E-state index >= 15 is 0 Å². The lowest BCUT2D eigenvalue weighted by Crippen LogP contribution is -2.33. The first-order valence-electron chi connectivity index (χ1n) is 13.0. The molecule has 1 aliphatic rings. The van der Waals surface area contributed by atoms with E-state index in [1.807, 2.05) is 24.3 Å². The van der Waals surface area contributed by atoms with E-state index in [-0.39, 0.29) is 6.17 Å². The number of fused-ring (bicyclic) bond motifs is 5. The Labute approximate surface area is 224 Å². The van der Waals surface area contributed by atoms with Gasteiger partial charge in [0, 0.05) is 22.7 Å². The van der Waals surface area contributed by atoms with Crippen molar-refractivity contribution in [3.05, 3.63) is 138 Å². The maximum atomic E-state index is 6.08. The van der Waals surface area contributed by atoms with Crippen LogP contribution in [0.2, 0.25) is 0 Å². The fraction of sp³-hybridized carbons (Fsp3) is 0.0294. The third-order valence-electron chi connectivity index (χ3n) is 7.37. The van der Waals surface area contributed by atoms with Gasteiger partial charge in [0.2, 0.25) is 5.71 Å². The number of hydrogen-bond acceptors (Lipinski definition) is 5. The highest BCUT2D eigenvalue weighted by Crippen LogP contribution is 2.32. The molecule has 0 aliphatic carbocycles. The maximum absolute atomic E-state index is 6.08. The average Bonchev–Trinajstić information content (AvgIpc) is 3.39. The highest BCUT2D eigenvalue weighted by Gasteiger charge is 2.24. The standard InChI is InChI=1S/C34H22N4O/c1-3-9-23-19-25(15-13-21(23)7-1)31-36-32(26-16-14-22-8-2-4-10-24(22)20-26)38-33(37-31)28-17-18-35-34-30(28)27-11-5-6-12-29(27)39-34/h1-20,31H,(H,36,37,38). The third-order valence-corrected chi connectivity index (χ3v) is 7.37. The van der Waals surface area contributed by atoms with Crippen LogP contribution >= 0.6 is 0 Å². The molecule has 3 heterocycles. The Morgan fingerprint density at radius 1 is 0.667 bits per heavy atom. The lowest BCUT2D eigenvalue weighted by Gasteiger charge is -2.24. The lowest BCUT2D eigenvalue weighted by molar-refractivity contribution is 0.653. The summed E-state index contributed by atoms with van der Waals surface area (Å²) in [5.74, 6) is 1.43. The van der Waals surface area contributed by atoms with E-state index in [1.165, 1.54) is 16.2 Å². The molecule has 0 saturated heterocycles. The SMILES string of the molecule is c1ccc2cc(C3=NC(c4ccc5ccccc5c4)NC(c4ccnc5oc6ccccc6c45)=N3)ccc2c1. The van der Waals surface area contributed by atoms with Gasteiger partial charge in [0.15, 0.2) is 5.84 Å². The van der Waals surface area contributed by atoms with E-state index < -0.39 is 0 Å². The summed E-state index contributed by atoms with van der Waals surface area (Å²) in [5, 5.41) is 10.3. The van der Waals surface area contributed by atoms with Gasteiger partial charge in [-0.3, -0.25) is 0 Å². The second-order valence-electron chi connectivity index (χ2n) is 9.77. The lowest BCUT2D eigenvalue weighted by atomic mass is 10.0. The molecule has 0 radical (unpaired) electrons. The molecule has 1 atom stereocenters. The molecule has 5 aromatic carbocycles. The topological polar surface area (TPSA) is 62.8 Å². The smallest absolute Gasteiger partial charge is 0.228 e. The first kappa shape index (κ1) is 21.8. The fourth-order valence-electron chi connectivity index (χ4n) is 5.44. The van der Waals surface area contributed by atoms with Crippen molar-refractivity contribution in [3.63, 3.8) is 0 Å². The largest absolute Gasteiger partial charge is 0.438 e. The molecule has 7 aromatic rings. The van der Waals surface area contributed by atoms with Crippen LogP contribution in [0, 0.1) is 0 Å². The zero-order valence-electron chi connectivity index (χ0n) is 20.9. The van der Waals surface area contributed by atoms with E-state index in [4.69, 9.17) is 14.4 Å². The predicted molar refractivity (Wildman–Crippen MR) is 158 cm³/mol. The van der Waals surface area contributed by atoms with Crippen LogP contribution in [0.5, 0.6) is 0 Å². The molecule has 184 valence electrons. The number of nitrogens with one attached hydrogen (secondary N) is 1. The quantitative estimate of drug-likeness (QED) is 0.268. The average molecular weight is 503 g/mol. The summed E-state index contributed by atoms with van der Waals surface area (Å²) in [4.78, 5) is 14.7. The van der Waals surface area contributed by atoms with Gasteiger partial charge in [-0.25, -0.2) is 15.0 Å². The van der Waals surface area contributed by atoms with Gasteiger partial charge >= 0.3 is 0 Å². The number of aliphatic imine (C=N–C) groups is 2. The van der Waals surface area contributed by atoms with E-state index in [9.17, 15) is 0 Å². The zero-order chi connectivity index (χ0) is 25.8. The molecule has 2 aromatic heterocycles. The van der Waals surface area contributed by atoms with Crippen molar-refractivity contribution in [2.45, 2.75) is 6.17 Å². The van der Waals surface area contributed by atoms with Crippen molar-refractivity contribution < 1.29 is 4.42 Å². The summed E-state index contributed by atoms with van der Waals surface area (Å²) in [6.45, 7) is 0. The summed E-state index contributed by atoms with van der Waals surface area (Å²) < 4.78 is 6.08. The first-order chi connectivity index (χ1) is 19.3. The Morgan fingerprint density at radius 2 is 1.38 bits per heavy atom. The van der Waals surface area contributed by atoms with Gasteiger partial charge in [-0.15, -0.1) is 0 Å². The molecule has 1 aliphatic heterocycles. The van der Waals surface area contributed by atoms with Crippen LogP contribution in [0.1, 0.15) is 22.9 Å². The van der Waals surface area contributed by atoms with Gasteiger partial charge in [-0.2, -0.15) is 0 Å². The number of para-hydroxylation sites is 1. The number of furan rings is 1. The summed E-state index contributed by atoms with van der Waals surface area (Å²) in [5.41, 5.74) is 4.38. The van der Waals surface area contributed by atoms with E-state index in [2.05, 4.69) is 101 Å². The predicted octanol–water partition coefficient (Wildman–Crippen LogP) is 7.78. The van der Waals surface area contributed by atoms with E-state index in [1.54, 1.807) is 6.20 Å². The van der Waals surface area contributed by atoms with Crippen LogP contribution in [0.4, 0.5) is 0 Å². The molecule has 8 rings (SSSR count). The number of hydrogen-bond donors (Lipinski definition) is 1. The Balaban J connectivity index is 1.33. The fourth-order valence-corrected chi connectivity index (χ4v) is 5.44. The van der Waals surface area contributed by atoms with Crippen LogP contribution < -0.4 is 5.32 Å². The number of nitrogens with zero attached hydrogens (tertiary/aromatic N) is 3. The summed E-state index contributed by atoms with van der Waals surface area (Å²) in [6.07, 6.45) is 1.46. The zero-order valence-corrected chi connectivity index (χ0v) is 20.9. The van der Waals surface area contributed by atoms with E-state index in [0.29, 0.717) is 11.5 Å². The van der Waals surface area contributed by atoms with Crippen LogP contribution in [0.3, 0.4) is 0 Å². The molecule has 0 spiro atoms. The molecule has 5 heteroatoms. The van der Waals surface area contributed by atoms with Crippen molar-refractivity contribution in [2.24, 2.45) is 9.98 Å². The Bertz CT molecular complexity index is 2120. The molecule has 0 saturated carbocycles. The van der Waals surface area contributed by atoms with Gasteiger partial charge in [0.1, 0.15) is 17.6 Å². The highest BCUT2D eigenvalue weighted by molar-refractivity contribution is 6.21. The first-order valence-corrected chi connectivity index (χ1v) is 13.0. The summed E-state index contributed by atoms with van der Waals surface area (Å²) in [7, 11) is 0. The minimum atomic E-state index is -0.315. The normalized spacial score (nSPS) is 15.4. The molecular weight excluding hydrogens is 480 g/mol. The monoisotopic (exact) mass is 502 g/mol. The van der Waals surface area contributed by atoms with Gasteiger partial charge < -0.3 is 9.73 Å². The van der Waals surface area contributed by atoms with Gasteiger partial charge in [0.25, 0.3) is 0 Å². The highest BCUT2D eigenvalue weighted by atomic mass is 16.3. The number of benzene rings is 5. The van der Waals surface area contributed by atoms with Gasteiger partial charge in [-0.05, 0) is 51.4 Å². The minimum absolute atomic E-state index is 0.315. The molecule has 39 heavy (non-hydrogen) atoms. The van der Waals surface area contributed by atoms with Gasteiger partial charge in [-0.1, -0.05) is 91.0 Å². The van der Waals surface area contributed by atoms with Crippen molar-refractivity contribution >= 4 is 55.3 Å². The molecule has 0 bridgehead atoms. The molecule has 0 amide bonds. The second-order valence-corrected chi connectivity index (χ2v) is 9.77. The number of aromatic nitrogens is 1. The summed E-state index contributed by atoms with van der Waals surface area (Å²) in [6, 6.07) is 39.6. The van der Waals surface area contributed by atoms with Crippen LogP contribution in [0.15, 0.2) is 136 Å². The van der Waals surface area contributed by atoms with Crippen molar-refractivity contribution in [3.8, 4) is 0 Å². The van der Waals surface area contributed by atoms with Crippen LogP contribution in [-0.2, 0) is 0 Å². The Kier molecular flexibility index (Phi) is 4.82. The van der Waals surface area contributed by atoms with Crippen LogP contribution in [0.25, 0.3) is 43.6 Å². The molecule has 0 fully saturated rings. The second kappa shape index (κ2) is 8.64. The number of rotatable bonds is 3. The van der Waals surface area contributed by atoms with E-state index in [0.717, 1.165) is 44.3 Å². The molecule has 1 N–H and O–H groups in total. The maximum Gasteiger partial charge on any atom is 0.228 e. The molecular formula is C34H22N4O. The minimum Gasteiger partial charge on any atom is -0.438 e. The van der Waals surface area contributed by atoms with Crippen molar-refractivity contribution in [1.82, 2.24) is 10.3 Å². The number of pyridine rings is 1. The van der Waals surface area contributed by atoms with Gasteiger partial charge in [0.05, 0.1) is 5.39 Å². The van der Waals surface area contributed by atoms with Crippen LogP contribution in [-0.4, -0.2) is 16.7 Å². The van der Waals surface area contributed by atoms with Crippen molar-refractivity contribution in [2.75, 3.05) is 0 Å².